The minimum absolute atomic E-state index is 0.190. The van der Waals surface area contributed by atoms with Crippen molar-refractivity contribution in [3.05, 3.63) is 40.8 Å². The molecule has 1 aliphatic rings. The van der Waals surface area contributed by atoms with Crippen LogP contribution in [0.25, 0.3) is 0 Å². The van der Waals surface area contributed by atoms with Gasteiger partial charge in [-0.1, -0.05) is 0 Å². The summed E-state index contributed by atoms with van der Waals surface area (Å²) in [4.78, 5) is 34.3. The molecule has 1 aromatic carbocycles. The molecule has 0 radical (unpaired) electrons. The Hall–Kier alpha value is -3.14. The van der Waals surface area contributed by atoms with E-state index in [-0.39, 0.29) is 16.0 Å². The zero-order chi connectivity index (χ0) is 21.1. The highest BCUT2D eigenvalue weighted by Crippen LogP contribution is 2.23. The molecule has 0 saturated carbocycles. The molecule has 0 aromatic heterocycles. The molecule has 154 valence electrons. The zero-order valence-corrected chi connectivity index (χ0v) is 16.9. The molecule has 0 bridgehead atoms. The zero-order valence-electron chi connectivity index (χ0n) is 16.0. The van der Waals surface area contributed by atoms with Gasteiger partial charge in [0.2, 0.25) is 0 Å². The van der Waals surface area contributed by atoms with E-state index in [0.717, 1.165) is 23.4 Å². The molecule has 1 N–H and O–H groups in total. The highest BCUT2D eigenvalue weighted by molar-refractivity contribution is 8.18. The first-order chi connectivity index (χ1) is 14.0. The summed E-state index contributed by atoms with van der Waals surface area (Å²) < 4.78 is 14.9. The first-order valence-electron chi connectivity index (χ1n) is 8.80. The number of nitrogens with one attached hydrogen (secondary N) is 1. The maximum atomic E-state index is 11.7. The quantitative estimate of drug-likeness (QED) is 0.214. The van der Waals surface area contributed by atoms with Crippen LogP contribution in [0.15, 0.2) is 45.4 Å². The van der Waals surface area contributed by atoms with Gasteiger partial charge < -0.3 is 14.2 Å². The summed E-state index contributed by atoms with van der Waals surface area (Å²) in [6.45, 7) is 2.57. The lowest BCUT2D eigenvalue weighted by Crippen LogP contribution is -2.19. The number of methoxy groups -OCH3 is 1. The number of benzene rings is 1. The lowest BCUT2D eigenvalue weighted by molar-refractivity contribution is -0.143. The minimum atomic E-state index is -0.615. The molecule has 0 aliphatic carbocycles. The minimum Gasteiger partial charge on any atom is -0.494 e. The summed E-state index contributed by atoms with van der Waals surface area (Å²) in [5.74, 6) is -0.600. The van der Waals surface area contributed by atoms with Crippen molar-refractivity contribution in [2.24, 2.45) is 10.2 Å². The molecule has 1 heterocycles. The van der Waals surface area contributed by atoms with Gasteiger partial charge in [-0.2, -0.15) is 5.10 Å². The number of hydrogen-bond donors (Lipinski definition) is 1. The number of amides is 1. The van der Waals surface area contributed by atoms with Crippen LogP contribution in [0.4, 0.5) is 0 Å². The van der Waals surface area contributed by atoms with E-state index in [1.807, 2.05) is 0 Å². The van der Waals surface area contributed by atoms with Gasteiger partial charge in [-0.15, -0.1) is 5.10 Å². The fraction of sp³-hybridized carbons (Fsp3) is 0.316. The SMILES string of the molecule is CCOC(=O)CCCOc1ccc(C=N/N=C2/NC(=O)/C(=C\C(=O)OC)S2)cc1. The molecular formula is C19H21N3O6S. The van der Waals surface area contributed by atoms with E-state index >= 15 is 0 Å². The van der Waals surface area contributed by atoms with Crippen LogP contribution >= 0.6 is 11.8 Å². The Balaban J connectivity index is 1.81. The Morgan fingerprint density at radius 1 is 1.24 bits per heavy atom. The third kappa shape index (κ3) is 7.78. The van der Waals surface area contributed by atoms with Gasteiger partial charge in [0.15, 0.2) is 5.17 Å². The average molecular weight is 419 g/mol. The first-order valence-corrected chi connectivity index (χ1v) is 9.61. The van der Waals surface area contributed by atoms with E-state index in [1.54, 1.807) is 31.2 Å². The number of thioether (sulfide) groups is 1. The summed E-state index contributed by atoms with van der Waals surface area (Å²) in [6.07, 6.45) is 3.52. The Morgan fingerprint density at radius 3 is 2.69 bits per heavy atom. The van der Waals surface area contributed by atoms with Crippen molar-refractivity contribution in [2.45, 2.75) is 19.8 Å². The fourth-order valence-electron chi connectivity index (χ4n) is 2.08. The lowest BCUT2D eigenvalue weighted by Gasteiger charge is -2.06. The molecule has 2 rings (SSSR count). The summed E-state index contributed by atoms with van der Waals surface area (Å²) >= 11 is 0.999. The van der Waals surface area contributed by atoms with E-state index in [2.05, 4.69) is 20.3 Å². The molecule has 10 heteroatoms. The summed E-state index contributed by atoms with van der Waals surface area (Å²) in [6, 6.07) is 7.16. The molecule has 0 unspecified atom stereocenters. The van der Waals surface area contributed by atoms with Crippen molar-refractivity contribution in [3.63, 3.8) is 0 Å². The number of hydrogen-bond acceptors (Lipinski definition) is 9. The molecule has 1 aliphatic heterocycles. The largest absolute Gasteiger partial charge is 0.494 e. The van der Waals surface area contributed by atoms with Crippen LogP contribution < -0.4 is 10.1 Å². The third-order valence-corrected chi connectivity index (χ3v) is 4.34. The van der Waals surface area contributed by atoms with Crippen molar-refractivity contribution < 1.29 is 28.6 Å². The topological polar surface area (TPSA) is 116 Å². The number of carbonyl (C=O) groups is 3. The second-order valence-electron chi connectivity index (χ2n) is 5.56. The molecule has 0 spiro atoms. The number of nitrogens with zero attached hydrogens (tertiary/aromatic N) is 2. The smallest absolute Gasteiger partial charge is 0.331 e. The number of ether oxygens (including phenoxy) is 3. The van der Waals surface area contributed by atoms with Crippen LogP contribution in [0.5, 0.6) is 5.75 Å². The lowest BCUT2D eigenvalue weighted by atomic mass is 10.2. The number of carbonyl (C=O) groups excluding carboxylic acids is 3. The van der Waals surface area contributed by atoms with Crippen molar-refractivity contribution >= 4 is 41.0 Å². The Morgan fingerprint density at radius 2 is 2.00 bits per heavy atom. The van der Waals surface area contributed by atoms with Crippen LogP contribution in [0.3, 0.4) is 0 Å². The monoisotopic (exact) mass is 419 g/mol. The van der Waals surface area contributed by atoms with Gasteiger partial charge in [0.25, 0.3) is 5.91 Å². The molecule has 29 heavy (non-hydrogen) atoms. The molecule has 9 nitrogen and oxygen atoms in total. The van der Waals surface area contributed by atoms with Gasteiger partial charge in [-0.05, 0) is 54.9 Å². The predicted octanol–water partition coefficient (Wildman–Crippen LogP) is 2.02. The highest BCUT2D eigenvalue weighted by atomic mass is 32.2. The fourth-order valence-corrected chi connectivity index (χ4v) is 2.82. The van der Waals surface area contributed by atoms with Crippen molar-refractivity contribution in [1.82, 2.24) is 5.32 Å². The summed E-state index contributed by atoms with van der Waals surface area (Å²) in [5, 5.41) is 10.6. The predicted molar refractivity (Wildman–Crippen MR) is 109 cm³/mol. The van der Waals surface area contributed by atoms with Crippen LogP contribution in [-0.2, 0) is 23.9 Å². The summed E-state index contributed by atoms with van der Waals surface area (Å²) in [7, 11) is 1.23. The van der Waals surface area contributed by atoms with Gasteiger partial charge in [0.1, 0.15) is 5.75 Å². The normalized spacial score (nSPS) is 16.3. The molecule has 1 saturated heterocycles. The summed E-state index contributed by atoms with van der Waals surface area (Å²) in [5.41, 5.74) is 0.785. The second-order valence-corrected chi connectivity index (χ2v) is 6.59. The molecule has 1 aromatic rings. The van der Waals surface area contributed by atoms with Crippen LogP contribution in [0, 0.1) is 0 Å². The van der Waals surface area contributed by atoms with Crippen LogP contribution in [0.1, 0.15) is 25.3 Å². The van der Waals surface area contributed by atoms with Gasteiger partial charge in [-0.3, -0.25) is 14.9 Å². The van der Waals surface area contributed by atoms with E-state index in [4.69, 9.17) is 9.47 Å². The second kappa shape index (κ2) is 11.6. The van der Waals surface area contributed by atoms with Gasteiger partial charge in [0, 0.05) is 12.5 Å². The van der Waals surface area contributed by atoms with Gasteiger partial charge in [0.05, 0.1) is 31.4 Å². The maximum Gasteiger partial charge on any atom is 0.331 e. The molecule has 0 atom stereocenters. The Kier molecular flexibility index (Phi) is 8.90. The average Bonchev–Trinajstić information content (AvgIpc) is 3.05. The van der Waals surface area contributed by atoms with Crippen LogP contribution in [-0.4, -0.2) is 49.6 Å². The van der Waals surface area contributed by atoms with E-state index in [1.165, 1.54) is 13.3 Å². The molecule has 1 amide bonds. The third-order valence-electron chi connectivity index (χ3n) is 3.44. The van der Waals surface area contributed by atoms with Gasteiger partial charge >= 0.3 is 11.9 Å². The Bertz CT molecular complexity index is 833. The van der Waals surface area contributed by atoms with E-state index < -0.39 is 11.9 Å². The molecular weight excluding hydrogens is 398 g/mol. The van der Waals surface area contributed by atoms with Crippen molar-refractivity contribution in [1.29, 1.82) is 0 Å². The van der Waals surface area contributed by atoms with Crippen molar-refractivity contribution in [3.8, 4) is 5.75 Å². The van der Waals surface area contributed by atoms with Gasteiger partial charge in [-0.25, -0.2) is 4.79 Å². The number of esters is 2. The highest BCUT2D eigenvalue weighted by Gasteiger charge is 2.24. The number of rotatable bonds is 9. The number of amidine groups is 1. The first kappa shape index (κ1) is 22.2. The van der Waals surface area contributed by atoms with E-state index in [0.29, 0.717) is 31.8 Å². The van der Waals surface area contributed by atoms with Crippen molar-refractivity contribution in [2.75, 3.05) is 20.3 Å². The standard InChI is InChI=1S/C19H21N3O6S/c1-3-27-16(23)5-4-10-28-14-8-6-13(7-9-14)12-20-22-19-21-18(25)15(29-19)11-17(24)26-2/h6-9,11-12H,3-5,10H2,1-2H3,(H,21,22,25)/b15-11+,20-12?. The Labute approximate surface area is 172 Å². The maximum absolute atomic E-state index is 11.7. The van der Waals surface area contributed by atoms with E-state index in [9.17, 15) is 14.4 Å². The molecule has 1 fully saturated rings. The van der Waals surface area contributed by atoms with Crippen LogP contribution in [0.2, 0.25) is 0 Å².